The number of hydrogen-bond acceptors (Lipinski definition) is 4. The number of carbonyl (C=O) groups is 2. The highest BCUT2D eigenvalue weighted by Gasteiger charge is 2.28. The first kappa shape index (κ1) is 24.3. The van der Waals surface area contributed by atoms with Crippen LogP contribution in [0.4, 0.5) is 8.78 Å². The molecule has 2 aromatic carbocycles. The molecule has 1 saturated heterocycles. The van der Waals surface area contributed by atoms with Crippen molar-refractivity contribution in [2.75, 3.05) is 20.2 Å². The molecule has 0 unspecified atom stereocenters. The number of halogens is 2. The number of aromatic nitrogens is 1. The molecular weight excluding hydrogens is 452 g/mol. The summed E-state index contributed by atoms with van der Waals surface area (Å²) < 4.78 is 32.4. The number of para-hydroxylation sites is 1. The summed E-state index contributed by atoms with van der Waals surface area (Å²) in [4.78, 5) is 32.1. The zero-order valence-corrected chi connectivity index (χ0v) is 19.7. The van der Waals surface area contributed by atoms with Gasteiger partial charge in [0.15, 0.2) is 0 Å². The lowest BCUT2D eigenvalue weighted by Crippen LogP contribution is -2.38. The van der Waals surface area contributed by atoms with Gasteiger partial charge in [-0.05, 0) is 50.1 Å². The summed E-state index contributed by atoms with van der Waals surface area (Å²) in [7, 11) is 1.59. The number of likely N-dealkylation sites (tertiary alicyclic amines) is 1. The standard InChI is InChI=1S/C27H27F2N3O3/c1-17-7-8-23(26(33)30-16-19-5-3-4-6-24(19)35-2)25(31-17)18-9-11-32(12-10-18)27(34)20-13-21(28)15-22(29)14-20/h3-8,13-15,18H,9-12,16H2,1-2H3,(H,30,33). The lowest BCUT2D eigenvalue weighted by molar-refractivity contribution is 0.0709. The van der Waals surface area contributed by atoms with E-state index in [2.05, 4.69) is 10.3 Å². The maximum absolute atomic E-state index is 13.5. The molecule has 1 aliphatic heterocycles. The predicted octanol–water partition coefficient (Wildman–Crippen LogP) is 4.63. The molecule has 4 rings (SSSR count). The van der Waals surface area contributed by atoms with Crippen LogP contribution < -0.4 is 10.1 Å². The van der Waals surface area contributed by atoms with Gasteiger partial charge in [0.2, 0.25) is 0 Å². The average molecular weight is 480 g/mol. The van der Waals surface area contributed by atoms with Gasteiger partial charge in [-0.25, -0.2) is 8.78 Å². The highest BCUT2D eigenvalue weighted by atomic mass is 19.1. The lowest BCUT2D eigenvalue weighted by Gasteiger charge is -2.32. The zero-order valence-electron chi connectivity index (χ0n) is 19.7. The third kappa shape index (κ3) is 5.65. The van der Waals surface area contributed by atoms with Gasteiger partial charge in [0, 0.05) is 48.4 Å². The zero-order chi connectivity index (χ0) is 24.9. The Balaban J connectivity index is 1.45. The fourth-order valence-electron chi connectivity index (χ4n) is 4.42. The molecule has 0 aliphatic carbocycles. The van der Waals surface area contributed by atoms with E-state index in [0.29, 0.717) is 49.5 Å². The Morgan fingerprint density at radius 1 is 1.06 bits per heavy atom. The van der Waals surface area contributed by atoms with Gasteiger partial charge in [0.25, 0.3) is 11.8 Å². The number of amides is 2. The van der Waals surface area contributed by atoms with E-state index in [0.717, 1.165) is 29.5 Å². The molecular formula is C27H27F2N3O3. The number of carbonyl (C=O) groups excluding carboxylic acids is 2. The molecule has 8 heteroatoms. The predicted molar refractivity (Wildman–Crippen MR) is 127 cm³/mol. The average Bonchev–Trinajstić information content (AvgIpc) is 2.86. The highest BCUT2D eigenvalue weighted by Crippen LogP contribution is 2.30. The molecule has 1 aromatic heterocycles. The first-order chi connectivity index (χ1) is 16.9. The topological polar surface area (TPSA) is 71.5 Å². The van der Waals surface area contributed by atoms with Crippen LogP contribution >= 0.6 is 0 Å². The summed E-state index contributed by atoms with van der Waals surface area (Å²) in [5.41, 5.74) is 2.86. The molecule has 35 heavy (non-hydrogen) atoms. The van der Waals surface area contributed by atoms with Crippen LogP contribution in [0.5, 0.6) is 5.75 Å². The minimum Gasteiger partial charge on any atom is -0.496 e. The smallest absolute Gasteiger partial charge is 0.254 e. The SMILES string of the molecule is COc1ccccc1CNC(=O)c1ccc(C)nc1C1CCN(C(=O)c2cc(F)cc(F)c2)CC1. The van der Waals surface area contributed by atoms with E-state index in [1.807, 2.05) is 31.2 Å². The number of piperidine rings is 1. The van der Waals surface area contributed by atoms with Crippen molar-refractivity contribution in [1.82, 2.24) is 15.2 Å². The summed E-state index contributed by atoms with van der Waals surface area (Å²) in [5.74, 6) is -1.52. The Labute approximate surface area is 202 Å². The second-order valence-corrected chi connectivity index (χ2v) is 8.60. The number of aryl methyl sites for hydroxylation is 1. The van der Waals surface area contributed by atoms with Gasteiger partial charge in [-0.3, -0.25) is 14.6 Å². The van der Waals surface area contributed by atoms with Gasteiger partial charge in [-0.2, -0.15) is 0 Å². The molecule has 6 nitrogen and oxygen atoms in total. The molecule has 1 fully saturated rings. The van der Waals surface area contributed by atoms with Crippen molar-refractivity contribution in [1.29, 1.82) is 0 Å². The maximum Gasteiger partial charge on any atom is 0.254 e. The quantitative estimate of drug-likeness (QED) is 0.560. The van der Waals surface area contributed by atoms with Crippen molar-refractivity contribution in [3.8, 4) is 5.75 Å². The molecule has 1 aliphatic rings. The fraction of sp³-hybridized carbons (Fsp3) is 0.296. The van der Waals surface area contributed by atoms with Crippen LogP contribution in [0.15, 0.2) is 54.6 Å². The van der Waals surface area contributed by atoms with E-state index in [-0.39, 0.29) is 17.4 Å². The van der Waals surface area contributed by atoms with Gasteiger partial charge in [0.1, 0.15) is 17.4 Å². The summed E-state index contributed by atoms with van der Waals surface area (Å²) in [6, 6.07) is 13.9. The fourth-order valence-corrected chi connectivity index (χ4v) is 4.42. The largest absolute Gasteiger partial charge is 0.496 e. The molecule has 2 heterocycles. The third-order valence-corrected chi connectivity index (χ3v) is 6.22. The van der Waals surface area contributed by atoms with Crippen molar-refractivity contribution in [3.63, 3.8) is 0 Å². The normalized spacial score (nSPS) is 14.0. The van der Waals surface area contributed by atoms with Gasteiger partial charge >= 0.3 is 0 Å². The molecule has 3 aromatic rings. The van der Waals surface area contributed by atoms with Gasteiger partial charge in [0.05, 0.1) is 18.4 Å². The summed E-state index contributed by atoms with van der Waals surface area (Å²) in [6.07, 6.45) is 1.18. The van der Waals surface area contributed by atoms with E-state index >= 15 is 0 Å². The van der Waals surface area contributed by atoms with Crippen LogP contribution in [0.3, 0.4) is 0 Å². The highest BCUT2D eigenvalue weighted by molar-refractivity contribution is 5.96. The third-order valence-electron chi connectivity index (χ3n) is 6.22. The molecule has 0 bridgehead atoms. The number of ether oxygens (including phenoxy) is 1. The number of nitrogens with one attached hydrogen (secondary N) is 1. The van der Waals surface area contributed by atoms with Crippen LogP contribution in [-0.2, 0) is 6.54 Å². The van der Waals surface area contributed by atoms with Crippen LogP contribution in [0.1, 0.15) is 56.4 Å². The number of pyridine rings is 1. The second-order valence-electron chi connectivity index (χ2n) is 8.60. The number of hydrogen-bond donors (Lipinski definition) is 1. The number of benzene rings is 2. The first-order valence-corrected chi connectivity index (χ1v) is 11.5. The number of nitrogens with zero attached hydrogens (tertiary/aromatic N) is 2. The van der Waals surface area contributed by atoms with E-state index in [1.54, 1.807) is 24.1 Å². The Morgan fingerprint density at radius 2 is 1.74 bits per heavy atom. The van der Waals surface area contributed by atoms with E-state index in [1.165, 1.54) is 0 Å². The molecule has 0 atom stereocenters. The molecule has 0 radical (unpaired) electrons. The number of rotatable bonds is 6. The summed E-state index contributed by atoms with van der Waals surface area (Å²) >= 11 is 0. The first-order valence-electron chi connectivity index (χ1n) is 11.5. The maximum atomic E-state index is 13.5. The van der Waals surface area contributed by atoms with Crippen molar-refractivity contribution in [3.05, 3.63) is 94.3 Å². The minimum atomic E-state index is -0.782. The molecule has 182 valence electrons. The Kier molecular flexibility index (Phi) is 7.39. The van der Waals surface area contributed by atoms with E-state index in [9.17, 15) is 18.4 Å². The van der Waals surface area contributed by atoms with Gasteiger partial charge in [-0.1, -0.05) is 18.2 Å². The van der Waals surface area contributed by atoms with Crippen LogP contribution in [0, 0.1) is 18.6 Å². The monoisotopic (exact) mass is 479 g/mol. The van der Waals surface area contributed by atoms with Crippen LogP contribution in [0.2, 0.25) is 0 Å². The minimum absolute atomic E-state index is 0.00830. The van der Waals surface area contributed by atoms with E-state index in [4.69, 9.17) is 4.74 Å². The Bertz CT molecular complexity index is 1220. The van der Waals surface area contributed by atoms with Gasteiger partial charge in [-0.15, -0.1) is 0 Å². The van der Waals surface area contributed by atoms with Crippen molar-refractivity contribution in [2.45, 2.75) is 32.2 Å². The molecule has 0 spiro atoms. The molecule has 1 N–H and O–H groups in total. The van der Waals surface area contributed by atoms with Crippen molar-refractivity contribution in [2.24, 2.45) is 0 Å². The van der Waals surface area contributed by atoms with Crippen molar-refractivity contribution >= 4 is 11.8 Å². The van der Waals surface area contributed by atoms with Crippen LogP contribution in [-0.4, -0.2) is 41.9 Å². The van der Waals surface area contributed by atoms with Crippen LogP contribution in [0.25, 0.3) is 0 Å². The summed E-state index contributed by atoms with van der Waals surface area (Å²) in [6.45, 7) is 2.99. The molecule has 2 amide bonds. The van der Waals surface area contributed by atoms with E-state index < -0.39 is 17.5 Å². The summed E-state index contributed by atoms with van der Waals surface area (Å²) in [5, 5.41) is 2.95. The Hall–Kier alpha value is -3.81. The Morgan fingerprint density at radius 3 is 2.43 bits per heavy atom. The van der Waals surface area contributed by atoms with Gasteiger partial charge < -0.3 is 15.0 Å². The second kappa shape index (κ2) is 10.6. The number of methoxy groups -OCH3 is 1. The van der Waals surface area contributed by atoms with Crippen molar-refractivity contribution < 1.29 is 23.1 Å². The lowest BCUT2D eigenvalue weighted by atomic mass is 9.89. The molecule has 0 saturated carbocycles.